The number of rotatable bonds is 1. The lowest BCUT2D eigenvalue weighted by Gasteiger charge is -1.75. The monoisotopic (exact) mass is 130 g/mol. The first-order chi connectivity index (χ1) is 4.91. The first-order valence-electron chi connectivity index (χ1n) is 3.10. The third kappa shape index (κ3) is 6.60. The van der Waals surface area contributed by atoms with Crippen LogP contribution in [0.3, 0.4) is 0 Å². The molecule has 0 nitrogen and oxygen atoms in total. The van der Waals surface area contributed by atoms with Crippen LogP contribution in [0.15, 0.2) is 25.3 Å². The molecule has 0 aromatic rings. The van der Waals surface area contributed by atoms with Crippen LogP contribution in [0.25, 0.3) is 0 Å². The van der Waals surface area contributed by atoms with E-state index in [1.165, 1.54) is 0 Å². The molecule has 0 radical (unpaired) electrons. The van der Waals surface area contributed by atoms with Gasteiger partial charge in [0.05, 0.1) is 0 Å². The predicted octanol–water partition coefficient (Wildman–Crippen LogP) is 2.15. The minimum absolute atomic E-state index is 0.812. The Morgan fingerprint density at radius 1 is 0.900 bits per heavy atom. The molecule has 0 heterocycles. The average Bonchev–Trinajstić information content (AvgIpc) is 1.97. The van der Waals surface area contributed by atoms with Gasteiger partial charge in [-0.3, -0.25) is 0 Å². The van der Waals surface area contributed by atoms with E-state index in [4.69, 9.17) is 0 Å². The van der Waals surface area contributed by atoms with Gasteiger partial charge in [0.15, 0.2) is 0 Å². The summed E-state index contributed by atoms with van der Waals surface area (Å²) in [6.07, 6.45) is 4.79. The van der Waals surface area contributed by atoms with E-state index in [2.05, 4.69) is 36.8 Å². The van der Waals surface area contributed by atoms with Crippen molar-refractivity contribution in [2.75, 3.05) is 0 Å². The SMILES string of the molecule is C=CC#CCCC#CC=C. The summed E-state index contributed by atoms with van der Waals surface area (Å²) in [6.45, 7) is 6.94. The second kappa shape index (κ2) is 7.60. The van der Waals surface area contributed by atoms with Crippen molar-refractivity contribution in [1.82, 2.24) is 0 Å². The van der Waals surface area contributed by atoms with Gasteiger partial charge in [-0.15, -0.1) is 0 Å². The van der Waals surface area contributed by atoms with E-state index in [1.807, 2.05) is 0 Å². The van der Waals surface area contributed by atoms with E-state index in [0.717, 1.165) is 12.8 Å². The molecule has 0 aliphatic heterocycles. The maximum absolute atomic E-state index is 3.47. The molecule has 0 rings (SSSR count). The molecule has 0 aromatic carbocycles. The summed E-state index contributed by atoms with van der Waals surface area (Å²) in [5.74, 6) is 11.3. The minimum atomic E-state index is 0.812. The highest BCUT2D eigenvalue weighted by Gasteiger charge is 1.70. The van der Waals surface area contributed by atoms with Crippen LogP contribution in [0.5, 0.6) is 0 Å². The van der Waals surface area contributed by atoms with Crippen LogP contribution >= 0.6 is 0 Å². The summed E-state index contributed by atoms with van der Waals surface area (Å²) >= 11 is 0. The highest BCUT2D eigenvalue weighted by atomic mass is 13.7. The topological polar surface area (TPSA) is 0 Å². The Morgan fingerprint density at radius 3 is 1.60 bits per heavy atom. The lowest BCUT2D eigenvalue weighted by atomic mass is 10.3. The van der Waals surface area contributed by atoms with E-state index in [9.17, 15) is 0 Å². The fourth-order valence-corrected chi connectivity index (χ4v) is 0.414. The van der Waals surface area contributed by atoms with E-state index in [0.29, 0.717) is 0 Å². The molecule has 0 aromatic heterocycles. The maximum atomic E-state index is 3.47. The fraction of sp³-hybridized carbons (Fsp3) is 0.200. The van der Waals surface area contributed by atoms with E-state index in [-0.39, 0.29) is 0 Å². The smallest absolute Gasteiger partial charge is 0.0202 e. The zero-order valence-corrected chi connectivity index (χ0v) is 5.98. The first-order valence-corrected chi connectivity index (χ1v) is 3.10. The molecule has 0 atom stereocenters. The summed E-state index contributed by atoms with van der Waals surface area (Å²) in [4.78, 5) is 0. The molecule has 0 aliphatic carbocycles. The van der Waals surface area contributed by atoms with Crippen LogP contribution in [0.4, 0.5) is 0 Å². The molecule has 0 heteroatoms. The predicted molar refractivity (Wildman–Crippen MR) is 45.2 cm³/mol. The van der Waals surface area contributed by atoms with Crippen molar-refractivity contribution >= 4 is 0 Å². The van der Waals surface area contributed by atoms with Crippen molar-refractivity contribution in [2.45, 2.75) is 12.8 Å². The number of hydrogen-bond donors (Lipinski definition) is 0. The van der Waals surface area contributed by atoms with Crippen molar-refractivity contribution in [1.29, 1.82) is 0 Å². The number of allylic oxidation sites excluding steroid dienone is 2. The molecule has 0 spiro atoms. The van der Waals surface area contributed by atoms with Crippen molar-refractivity contribution in [3.05, 3.63) is 25.3 Å². The van der Waals surface area contributed by atoms with E-state index < -0.39 is 0 Å². The Bertz CT molecular complexity index is 186. The van der Waals surface area contributed by atoms with Gasteiger partial charge in [-0.2, -0.15) is 0 Å². The highest BCUT2D eigenvalue weighted by molar-refractivity contribution is 5.16. The van der Waals surface area contributed by atoms with Gasteiger partial charge in [0.2, 0.25) is 0 Å². The molecule has 0 saturated heterocycles. The first kappa shape index (κ1) is 8.60. The Labute approximate surface area is 62.6 Å². The van der Waals surface area contributed by atoms with E-state index >= 15 is 0 Å². The third-order valence-corrected chi connectivity index (χ3v) is 0.783. The summed E-state index contributed by atoms with van der Waals surface area (Å²) in [5.41, 5.74) is 0. The van der Waals surface area contributed by atoms with Crippen LogP contribution in [0.2, 0.25) is 0 Å². The molecule has 50 valence electrons. The molecular formula is C10H10. The van der Waals surface area contributed by atoms with Crippen LogP contribution in [0.1, 0.15) is 12.8 Å². The molecular weight excluding hydrogens is 120 g/mol. The van der Waals surface area contributed by atoms with Gasteiger partial charge in [-0.25, -0.2) is 0 Å². The normalized spacial score (nSPS) is 6.00. The van der Waals surface area contributed by atoms with Crippen LogP contribution in [-0.2, 0) is 0 Å². The van der Waals surface area contributed by atoms with Gasteiger partial charge in [-0.05, 0) is 12.2 Å². The highest BCUT2D eigenvalue weighted by Crippen LogP contribution is 1.82. The third-order valence-electron chi connectivity index (χ3n) is 0.783. The van der Waals surface area contributed by atoms with Gasteiger partial charge in [0, 0.05) is 12.8 Å². The summed E-state index contributed by atoms with van der Waals surface area (Å²) in [5, 5.41) is 0. The van der Waals surface area contributed by atoms with Crippen LogP contribution in [-0.4, -0.2) is 0 Å². The summed E-state index contributed by atoms with van der Waals surface area (Å²) < 4.78 is 0. The molecule has 10 heavy (non-hydrogen) atoms. The quantitative estimate of drug-likeness (QED) is 0.377. The summed E-state index contributed by atoms with van der Waals surface area (Å²) in [7, 11) is 0. The lowest BCUT2D eigenvalue weighted by Crippen LogP contribution is -1.63. The van der Waals surface area contributed by atoms with Crippen LogP contribution < -0.4 is 0 Å². The maximum Gasteiger partial charge on any atom is 0.0202 e. The fourth-order valence-electron chi connectivity index (χ4n) is 0.414. The van der Waals surface area contributed by atoms with Gasteiger partial charge in [0.25, 0.3) is 0 Å². The van der Waals surface area contributed by atoms with Crippen molar-refractivity contribution in [3.8, 4) is 23.7 Å². The van der Waals surface area contributed by atoms with Crippen molar-refractivity contribution in [2.24, 2.45) is 0 Å². The van der Waals surface area contributed by atoms with Crippen molar-refractivity contribution < 1.29 is 0 Å². The molecule has 0 N–H and O–H groups in total. The van der Waals surface area contributed by atoms with Crippen molar-refractivity contribution in [3.63, 3.8) is 0 Å². The molecule has 0 aliphatic rings. The Kier molecular flexibility index (Phi) is 6.54. The largest absolute Gasteiger partial charge is 0.0975 e. The number of hydrogen-bond acceptors (Lipinski definition) is 0. The molecule has 0 unspecified atom stereocenters. The molecule has 0 fully saturated rings. The standard InChI is InChI=1S/C10H10/c1-3-5-7-9-10-8-6-4-2/h3-4H,1-2,9-10H2. The molecule has 0 saturated carbocycles. The Balaban J connectivity index is 3.37. The summed E-state index contributed by atoms with van der Waals surface area (Å²) in [6, 6.07) is 0. The molecule has 0 amide bonds. The second-order valence-corrected chi connectivity index (χ2v) is 1.55. The zero-order valence-electron chi connectivity index (χ0n) is 5.98. The van der Waals surface area contributed by atoms with Gasteiger partial charge < -0.3 is 0 Å². The molecule has 0 bridgehead atoms. The second-order valence-electron chi connectivity index (χ2n) is 1.55. The number of unbranched alkanes of at least 4 members (excludes halogenated alkanes) is 1. The average molecular weight is 130 g/mol. The minimum Gasteiger partial charge on any atom is -0.0975 e. The Morgan fingerprint density at radius 2 is 1.30 bits per heavy atom. The van der Waals surface area contributed by atoms with Gasteiger partial charge in [-0.1, -0.05) is 36.8 Å². The van der Waals surface area contributed by atoms with Gasteiger partial charge >= 0.3 is 0 Å². The van der Waals surface area contributed by atoms with E-state index in [1.54, 1.807) is 12.2 Å². The zero-order chi connectivity index (χ0) is 7.66. The Hall–Kier alpha value is -1.40. The van der Waals surface area contributed by atoms with Crippen LogP contribution in [0, 0.1) is 23.7 Å². The lowest BCUT2D eigenvalue weighted by molar-refractivity contribution is 1.12. The van der Waals surface area contributed by atoms with Gasteiger partial charge in [0.1, 0.15) is 0 Å².